The van der Waals surface area contributed by atoms with E-state index in [2.05, 4.69) is 25.9 Å². The number of hydrogen-bond donors (Lipinski definition) is 1. The van der Waals surface area contributed by atoms with Gasteiger partial charge in [-0.15, -0.1) is 0 Å². The summed E-state index contributed by atoms with van der Waals surface area (Å²) >= 11 is 0. The zero-order valence-electron chi connectivity index (χ0n) is 9.23. The lowest BCUT2D eigenvalue weighted by molar-refractivity contribution is -0.268. The van der Waals surface area contributed by atoms with Crippen molar-refractivity contribution in [1.29, 1.82) is 0 Å². The van der Waals surface area contributed by atoms with Crippen molar-refractivity contribution >= 4 is 5.97 Å². The SMILES string of the molecule is CCN(C)C.O=C(O)c1ccccc1[O-]. The van der Waals surface area contributed by atoms with Gasteiger partial charge in [0.05, 0.1) is 5.56 Å². The summed E-state index contributed by atoms with van der Waals surface area (Å²) in [6.45, 7) is 3.26. The van der Waals surface area contributed by atoms with Gasteiger partial charge < -0.3 is 15.1 Å². The topological polar surface area (TPSA) is 63.6 Å². The Hall–Kier alpha value is -1.55. The third-order valence-electron chi connectivity index (χ3n) is 1.75. The lowest BCUT2D eigenvalue weighted by Gasteiger charge is -2.07. The van der Waals surface area contributed by atoms with Crippen molar-refractivity contribution in [2.75, 3.05) is 20.6 Å². The number of nitrogens with zero attached hydrogens (tertiary/aromatic N) is 1. The van der Waals surface area contributed by atoms with Gasteiger partial charge in [-0.1, -0.05) is 30.9 Å². The van der Waals surface area contributed by atoms with Crippen molar-refractivity contribution in [1.82, 2.24) is 4.90 Å². The van der Waals surface area contributed by atoms with Crippen LogP contribution in [0, 0.1) is 0 Å². The summed E-state index contributed by atoms with van der Waals surface area (Å²) in [5.74, 6) is -1.62. The first kappa shape index (κ1) is 13.4. The summed E-state index contributed by atoms with van der Waals surface area (Å²) in [6, 6.07) is 5.54. The van der Waals surface area contributed by atoms with Gasteiger partial charge in [-0.2, -0.15) is 0 Å². The van der Waals surface area contributed by atoms with Crippen LogP contribution >= 0.6 is 0 Å². The summed E-state index contributed by atoms with van der Waals surface area (Å²) < 4.78 is 0. The van der Waals surface area contributed by atoms with Gasteiger partial charge in [-0.3, -0.25) is 0 Å². The van der Waals surface area contributed by atoms with Crippen LogP contribution in [0.25, 0.3) is 0 Å². The predicted octanol–water partition coefficient (Wildman–Crippen LogP) is 1.03. The fourth-order valence-corrected chi connectivity index (χ4v) is 0.643. The molecule has 4 heteroatoms. The minimum absolute atomic E-state index is 0.178. The second kappa shape index (κ2) is 6.84. The zero-order chi connectivity index (χ0) is 11.8. The highest BCUT2D eigenvalue weighted by molar-refractivity contribution is 5.90. The zero-order valence-corrected chi connectivity index (χ0v) is 9.23. The molecule has 0 heterocycles. The third-order valence-corrected chi connectivity index (χ3v) is 1.75. The monoisotopic (exact) mass is 210 g/mol. The van der Waals surface area contributed by atoms with Gasteiger partial charge in [0.1, 0.15) is 0 Å². The molecule has 0 aliphatic heterocycles. The number of carbonyl (C=O) groups is 1. The summed E-state index contributed by atoms with van der Waals surface area (Å²) in [6.07, 6.45) is 0. The molecule has 4 nitrogen and oxygen atoms in total. The molecule has 15 heavy (non-hydrogen) atoms. The molecule has 0 bridgehead atoms. The van der Waals surface area contributed by atoms with Gasteiger partial charge in [-0.25, -0.2) is 4.79 Å². The number of aromatic carboxylic acids is 1. The Bertz CT molecular complexity index is 310. The van der Waals surface area contributed by atoms with Crippen molar-refractivity contribution < 1.29 is 15.0 Å². The quantitative estimate of drug-likeness (QED) is 0.791. The normalized spacial score (nSPS) is 9.33. The Morgan fingerprint density at radius 3 is 2.13 bits per heavy atom. The summed E-state index contributed by atoms with van der Waals surface area (Å²) in [5, 5.41) is 19.0. The highest BCUT2D eigenvalue weighted by Gasteiger charge is 1.99. The van der Waals surface area contributed by atoms with E-state index in [1.54, 1.807) is 0 Å². The number of benzene rings is 1. The Balaban J connectivity index is 0.000000336. The maximum Gasteiger partial charge on any atom is 0.335 e. The fourth-order valence-electron chi connectivity index (χ4n) is 0.643. The van der Waals surface area contributed by atoms with Crippen LogP contribution in [0.1, 0.15) is 17.3 Å². The first-order chi connectivity index (χ1) is 6.99. The first-order valence-corrected chi connectivity index (χ1v) is 4.63. The molecule has 84 valence electrons. The minimum atomic E-state index is -1.18. The summed E-state index contributed by atoms with van der Waals surface area (Å²) in [4.78, 5) is 12.3. The molecule has 0 aliphatic carbocycles. The van der Waals surface area contributed by atoms with E-state index in [4.69, 9.17) is 5.11 Å². The maximum absolute atomic E-state index is 10.7. The third kappa shape index (κ3) is 5.70. The minimum Gasteiger partial charge on any atom is -0.872 e. The van der Waals surface area contributed by atoms with E-state index in [9.17, 15) is 9.90 Å². The van der Waals surface area contributed by atoms with Crippen LogP contribution in [0.3, 0.4) is 0 Å². The molecule has 0 atom stereocenters. The second-order valence-corrected chi connectivity index (χ2v) is 3.20. The molecule has 0 fully saturated rings. The van der Waals surface area contributed by atoms with Gasteiger partial charge in [0.25, 0.3) is 0 Å². The van der Waals surface area contributed by atoms with Gasteiger partial charge in [0.15, 0.2) is 0 Å². The average Bonchev–Trinajstić information content (AvgIpc) is 2.19. The molecule has 0 saturated heterocycles. The molecule has 1 rings (SSSR count). The summed E-state index contributed by atoms with van der Waals surface area (Å²) in [5.41, 5.74) is -0.178. The average molecular weight is 210 g/mol. The highest BCUT2D eigenvalue weighted by Crippen LogP contribution is 2.10. The Labute approximate surface area is 89.8 Å². The van der Waals surface area contributed by atoms with Gasteiger partial charge in [0.2, 0.25) is 0 Å². The van der Waals surface area contributed by atoms with Crippen molar-refractivity contribution in [3.05, 3.63) is 29.8 Å². The molecule has 0 radical (unpaired) electrons. The van der Waals surface area contributed by atoms with Crippen molar-refractivity contribution in [3.8, 4) is 5.75 Å². The van der Waals surface area contributed by atoms with E-state index in [1.165, 1.54) is 24.3 Å². The smallest absolute Gasteiger partial charge is 0.335 e. The van der Waals surface area contributed by atoms with Gasteiger partial charge in [-0.05, 0) is 26.7 Å². The molecule has 0 spiro atoms. The number of hydrogen-bond acceptors (Lipinski definition) is 3. The Kier molecular flexibility index (Phi) is 6.13. The molecule has 0 unspecified atom stereocenters. The van der Waals surface area contributed by atoms with Crippen molar-refractivity contribution in [2.45, 2.75) is 6.92 Å². The predicted molar refractivity (Wildman–Crippen MR) is 57.1 cm³/mol. The van der Waals surface area contributed by atoms with Crippen molar-refractivity contribution in [2.24, 2.45) is 0 Å². The lowest BCUT2D eigenvalue weighted by atomic mass is 10.2. The maximum atomic E-state index is 10.7. The first-order valence-electron chi connectivity index (χ1n) is 4.63. The molecule has 0 aliphatic rings. The van der Waals surface area contributed by atoms with E-state index >= 15 is 0 Å². The van der Waals surface area contributed by atoms with Crippen LogP contribution in [-0.4, -0.2) is 36.6 Å². The van der Waals surface area contributed by atoms with Gasteiger partial charge >= 0.3 is 5.97 Å². The van der Waals surface area contributed by atoms with E-state index in [0.29, 0.717) is 0 Å². The molecule has 1 aromatic carbocycles. The fraction of sp³-hybridized carbons (Fsp3) is 0.364. The van der Waals surface area contributed by atoms with Gasteiger partial charge in [0, 0.05) is 0 Å². The standard InChI is InChI=1S/C7H6O3.C4H11N/c8-6-4-2-1-3-5(6)7(9)10;1-4-5(2)3/h1-4,8H,(H,9,10);4H2,1-3H3/p-1. The van der Waals surface area contributed by atoms with E-state index in [1.807, 2.05) is 0 Å². The number of rotatable bonds is 2. The van der Waals surface area contributed by atoms with Crippen LogP contribution in [0.15, 0.2) is 24.3 Å². The van der Waals surface area contributed by atoms with E-state index < -0.39 is 11.7 Å². The summed E-state index contributed by atoms with van der Waals surface area (Å²) in [7, 11) is 4.11. The lowest BCUT2D eigenvalue weighted by Crippen LogP contribution is -2.08. The van der Waals surface area contributed by atoms with E-state index in [0.717, 1.165) is 6.54 Å². The van der Waals surface area contributed by atoms with Crippen LogP contribution in [0.2, 0.25) is 0 Å². The molecular weight excluding hydrogens is 194 g/mol. The number of carboxylic acids is 1. The number of carboxylic acid groups (broad SMARTS) is 1. The highest BCUT2D eigenvalue weighted by atomic mass is 16.4. The van der Waals surface area contributed by atoms with E-state index in [-0.39, 0.29) is 5.56 Å². The largest absolute Gasteiger partial charge is 0.872 e. The second-order valence-electron chi connectivity index (χ2n) is 3.20. The molecule has 0 aromatic heterocycles. The van der Waals surface area contributed by atoms with Crippen LogP contribution in [0.4, 0.5) is 0 Å². The molecule has 0 saturated carbocycles. The molecule has 1 N–H and O–H groups in total. The van der Waals surface area contributed by atoms with Crippen LogP contribution < -0.4 is 5.11 Å². The molecular formula is C11H16NO3-. The number of para-hydroxylation sites is 1. The van der Waals surface area contributed by atoms with Crippen LogP contribution in [0.5, 0.6) is 5.75 Å². The molecule has 1 aromatic rings. The Morgan fingerprint density at radius 2 is 1.87 bits per heavy atom. The Morgan fingerprint density at radius 1 is 1.40 bits per heavy atom. The molecule has 0 amide bonds. The van der Waals surface area contributed by atoms with Crippen LogP contribution in [-0.2, 0) is 0 Å². The van der Waals surface area contributed by atoms with Crippen molar-refractivity contribution in [3.63, 3.8) is 0 Å².